The summed E-state index contributed by atoms with van der Waals surface area (Å²) in [4.78, 5) is 21.9. The van der Waals surface area contributed by atoms with E-state index in [1.807, 2.05) is 20.8 Å². The number of hydrogen-bond acceptors (Lipinski definition) is 2. The molecule has 23 heavy (non-hydrogen) atoms. The Morgan fingerprint density at radius 1 is 1.00 bits per heavy atom. The summed E-state index contributed by atoms with van der Waals surface area (Å²) in [5, 5.41) is 9.23. The van der Waals surface area contributed by atoms with Crippen LogP contribution in [0.25, 0.3) is 0 Å². The van der Waals surface area contributed by atoms with Gasteiger partial charge < -0.3 is 5.11 Å². The number of carbonyl (C=O) groups is 2. The van der Waals surface area contributed by atoms with Crippen LogP contribution in [-0.4, -0.2) is 16.9 Å². The molecule has 4 bridgehead atoms. The number of carboxylic acid groups (broad SMARTS) is 1. The predicted molar refractivity (Wildman–Crippen MR) is 89.9 cm³/mol. The number of ketones is 1. The van der Waals surface area contributed by atoms with E-state index >= 15 is 0 Å². The molecule has 3 nitrogen and oxygen atoms in total. The molecule has 4 aliphatic carbocycles. The highest BCUT2D eigenvalue weighted by Crippen LogP contribution is 2.68. The molecule has 0 aliphatic heterocycles. The first kappa shape index (κ1) is 17.0. The van der Waals surface area contributed by atoms with Crippen LogP contribution >= 0.6 is 0 Å². The van der Waals surface area contributed by atoms with Gasteiger partial charge in [-0.05, 0) is 81.0 Å². The van der Waals surface area contributed by atoms with Gasteiger partial charge in [0, 0.05) is 5.41 Å². The zero-order valence-electron chi connectivity index (χ0n) is 15.0. The minimum Gasteiger partial charge on any atom is -0.481 e. The molecule has 0 aromatic carbocycles. The largest absolute Gasteiger partial charge is 0.481 e. The van der Waals surface area contributed by atoms with Crippen molar-refractivity contribution in [2.24, 2.45) is 46.8 Å². The molecule has 0 saturated heterocycles. The first-order valence-corrected chi connectivity index (χ1v) is 9.50. The van der Waals surface area contributed by atoms with Crippen molar-refractivity contribution in [2.45, 2.75) is 66.2 Å². The van der Waals surface area contributed by atoms with E-state index in [-0.39, 0.29) is 17.1 Å². The lowest BCUT2D eigenvalue weighted by atomic mass is 9.67. The van der Waals surface area contributed by atoms with Crippen LogP contribution in [0, 0.1) is 46.8 Å². The van der Waals surface area contributed by atoms with Gasteiger partial charge in [0.2, 0.25) is 0 Å². The number of fused-ring (bicyclic) bond motifs is 9. The number of rotatable bonds is 3. The van der Waals surface area contributed by atoms with Gasteiger partial charge in [-0.25, -0.2) is 0 Å². The van der Waals surface area contributed by atoms with Crippen molar-refractivity contribution >= 4 is 11.8 Å². The quantitative estimate of drug-likeness (QED) is 0.784. The SMILES string of the molecule is CCC(C)(C)C(C)=O.O=C(O)C1CC2CC1C1C3CCC(C3)C21. The van der Waals surface area contributed by atoms with E-state index in [1.165, 1.54) is 25.7 Å². The molecule has 0 heterocycles. The second kappa shape index (κ2) is 5.89. The number of aliphatic carboxylic acids is 1. The molecular weight excluding hydrogens is 288 g/mol. The maximum absolute atomic E-state index is 11.2. The van der Waals surface area contributed by atoms with Gasteiger partial charge in [0.05, 0.1) is 5.92 Å². The van der Waals surface area contributed by atoms with Crippen molar-refractivity contribution < 1.29 is 14.7 Å². The second-order valence-corrected chi connectivity index (χ2v) is 9.12. The van der Waals surface area contributed by atoms with Crippen molar-refractivity contribution in [2.75, 3.05) is 0 Å². The third-order valence-corrected chi connectivity index (χ3v) is 7.89. The fourth-order valence-corrected chi connectivity index (χ4v) is 6.10. The smallest absolute Gasteiger partial charge is 0.306 e. The van der Waals surface area contributed by atoms with Gasteiger partial charge >= 0.3 is 5.97 Å². The Morgan fingerprint density at radius 2 is 1.61 bits per heavy atom. The molecule has 3 heteroatoms. The van der Waals surface area contributed by atoms with E-state index in [0.717, 1.165) is 42.4 Å². The highest BCUT2D eigenvalue weighted by Gasteiger charge is 2.63. The fraction of sp³-hybridized carbons (Fsp3) is 0.900. The zero-order chi connectivity index (χ0) is 16.9. The van der Waals surface area contributed by atoms with Gasteiger partial charge in [-0.1, -0.05) is 20.8 Å². The first-order chi connectivity index (χ1) is 10.8. The molecule has 4 aliphatic rings. The third kappa shape index (κ3) is 2.74. The summed E-state index contributed by atoms with van der Waals surface area (Å²) in [7, 11) is 0. The molecule has 1 N–H and O–H groups in total. The van der Waals surface area contributed by atoms with Gasteiger partial charge in [0.15, 0.2) is 0 Å². The van der Waals surface area contributed by atoms with Crippen LogP contribution in [0.5, 0.6) is 0 Å². The van der Waals surface area contributed by atoms with Gasteiger partial charge in [-0.2, -0.15) is 0 Å². The summed E-state index contributed by atoms with van der Waals surface area (Å²) >= 11 is 0. The summed E-state index contributed by atoms with van der Waals surface area (Å²) in [5.74, 6) is 4.82. The Morgan fingerprint density at radius 3 is 2.09 bits per heavy atom. The van der Waals surface area contributed by atoms with Gasteiger partial charge in [0.1, 0.15) is 5.78 Å². The summed E-state index contributed by atoms with van der Waals surface area (Å²) in [6, 6.07) is 0. The number of hydrogen-bond donors (Lipinski definition) is 1. The molecular formula is C20H32O3. The van der Waals surface area contributed by atoms with E-state index in [4.69, 9.17) is 0 Å². The normalized spacial score (nSPS) is 43.0. The average Bonchev–Trinajstić information content (AvgIpc) is 3.25. The predicted octanol–water partition coefficient (Wildman–Crippen LogP) is 4.40. The molecule has 0 amide bonds. The topological polar surface area (TPSA) is 54.4 Å². The highest BCUT2D eigenvalue weighted by molar-refractivity contribution is 5.81. The minimum atomic E-state index is -0.510. The number of carbonyl (C=O) groups excluding carboxylic acids is 1. The van der Waals surface area contributed by atoms with Crippen LogP contribution in [0.4, 0.5) is 0 Å². The van der Waals surface area contributed by atoms with Gasteiger partial charge in [-0.3, -0.25) is 9.59 Å². The Labute approximate surface area is 140 Å². The Kier molecular flexibility index (Phi) is 4.35. The van der Waals surface area contributed by atoms with E-state index < -0.39 is 5.97 Å². The van der Waals surface area contributed by atoms with Crippen molar-refractivity contribution in [3.8, 4) is 0 Å². The van der Waals surface area contributed by atoms with E-state index in [2.05, 4.69) is 0 Å². The van der Waals surface area contributed by atoms with Crippen LogP contribution in [0.2, 0.25) is 0 Å². The Bertz CT molecular complexity index is 495. The molecule has 4 fully saturated rings. The van der Waals surface area contributed by atoms with Gasteiger partial charge in [-0.15, -0.1) is 0 Å². The Balaban J connectivity index is 0.000000170. The maximum Gasteiger partial charge on any atom is 0.306 e. The summed E-state index contributed by atoms with van der Waals surface area (Å²) in [6.07, 6.45) is 7.48. The molecule has 130 valence electrons. The van der Waals surface area contributed by atoms with Crippen LogP contribution in [0.15, 0.2) is 0 Å². The lowest BCUT2D eigenvalue weighted by molar-refractivity contribution is -0.145. The lowest BCUT2D eigenvalue weighted by Crippen LogP contribution is -2.35. The van der Waals surface area contributed by atoms with Crippen molar-refractivity contribution in [1.29, 1.82) is 0 Å². The van der Waals surface area contributed by atoms with Crippen LogP contribution in [0.3, 0.4) is 0 Å². The monoisotopic (exact) mass is 320 g/mol. The molecule has 4 saturated carbocycles. The van der Waals surface area contributed by atoms with E-state index in [0.29, 0.717) is 5.92 Å². The second-order valence-electron chi connectivity index (χ2n) is 9.12. The lowest BCUT2D eigenvalue weighted by Gasteiger charge is -2.37. The number of Topliss-reactive ketones (excluding diaryl/α,β-unsaturated/α-hetero) is 1. The average molecular weight is 320 g/mol. The van der Waals surface area contributed by atoms with Crippen molar-refractivity contribution in [1.82, 2.24) is 0 Å². The molecule has 4 rings (SSSR count). The van der Waals surface area contributed by atoms with E-state index in [9.17, 15) is 14.7 Å². The zero-order valence-corrected chi connectivity index (χ0v) is 15.0. The van der Waals surface area contributed by atoms with Crippen LogP contribution in [-0.2, 0) is 9.59 Å². The Hall–Kier alpha value is -0.860. The van der Waals surface area contributed by atoms with Crippen LogP contribution < -0.4 is 0 Å². The fourth-order valence-electron chi connectivity index (χ4n) is 6.10. The summed E-state index contributed by atoms with van der Waals surface area (Å²) < 4.78 is 0. The van der Waals surface area contributed by atoms with Crippen molar-refractivity contribution in [3.05, 3.63) is 0 Å². The minimum absolute atomic E-state index is 0.0237. The van der Waals surface area contributed by atoms with Crippen LogP contribution in [0.1, 0.15) is 66.2 Å². The molecule has 0 radical (unpaired) electrons. The molecule has 0 aromatic heterocycles. The standard InChI is InChI=1S/C13H18O2.C7H14O/c14-13(15)10-5-8-4-9(10)12-7-2-1-6(3-7)11(8)12;1-5-7(3,4)6(2)8/h6-12H,1-5H2,(H,14,15);5H2,1-4H3. The van der Waals surface area contributed by atoms with Crippen molar-refractivity contribution in [3.63, 3.8) is 0 Å². The third-order valence-electron chi connectivity index (χ3n) is 7.89. The summed E-state index contributed by atoms with van der Waals surface area (Å²) in [6.45, 7) is 7.61. The van der Waals surface area contributed by atoms with E-state index in [1.54, 1.807) is 6.92 Å². The number of carboxylic acids is 1. The first-order valence-electron chi connectivity index (χ1n) is 9.50. The maximum atomic E-state index is 11.2. The molecule has 0 spiro atoms. The van der Waals surface area contributed by atoms with Gasteiger partial charge in [0.25, 0.3) is 0 Å². The molecule has 7 unspecified atom stereocenters. The molecule has 0 aromatic rings. The highest BCUT2D eigenvalue weighted by atomic mass is 16.4. The summed E-state index contributed by atoms with van der Waals surface area (Å²) in [5.41, 5.74) is -0.0972. The molecule has 7 atom stereocenters.